The summed E-state index contributed by atoms with van der Waals surface area (Å²) in [6.07, 6.45) is 4.40. The predicted octanol–water partition coefficient (Wildman–Crippen LogP) is 6.22. The number of halogens is 1. The maximum absolute atomic E-state index is 12.3. The second kappa shape index (κ2) is 7.80. The van der Waals surface area contributed by atoms with E-state index in [4.69, 9.17) is 16.3 Å². The summed E-state index contributed by atoms with van der Waals surface area (Å²) in [6.45, 7) is 8.89. The van der Waals surface area contributed by atoms with E-state index in [9.17, 15) is 4.79 Å². The number of ether oxygens (including phenoxy) is 1. The summed E-state index contributed by atoms with van der Waals surface area (Å²) >= 11 is 6.25. The van der Waals surface area contributed by atoms with Gasteiger partial charge >= 0.3 is 6.09 Å². The van der Waals surface area contributed by atoms with Gasteiger partial charge < -0.3 is 14.6 Å². The summed E-state index contributed by atoms with van der Waals surface area (Å²) in [5.41, 5.74) is 5.95. The molecule has 4 rings (SSSR count). The molecule has 0 unspecified atom stereocenters. The molecule has 5 nitrogen and oxygen atoms in total. The number of H-pyrrole nitrogens is 1. The van der Waals surface area contributed by atoms with Crippen molar-refractivity contribution in [3.63, 3.8) is 0 Å². The number of carbonyl (C=O) groups excluding carboxylic acids is 1. The molecule has 0 saturated carbocycles. The molecule has 0 saturated heterocycles. The smallest absolute Gasteiger partial charge is 0.410 e. The standard InChI is InChI=1S/C24H26ClN3O2/c1-15-5-6-17(25)13-19(15)18-7-10-26-22-20(18)14-21(27-22)16-8-11-28(12-9-16)23(29)30-24(2,3)4/h5-8,10,13-14H,9,11-12H2,1-4H3,(H,26,27). The zero-order valence-electron chi connectivity index (χ0n) is 17.8. The molecule has 1 N–H and O–H groups in total. The Balaban J connectivity index is 1.63. The average molecular weight is 424 g/mol. The first kappa shape index (κ1) is 20.5. The maximum atomic E-state index is 12.3. The van der Waals surface area contributed by atoms with Crippen molar-refractivity contribution in [1.29, 1.82) is 0 Å². The molecule has 3 heterocycles. The van der Waals surface area contributed by atoms with Gasteiger partial charge in [-0.2, -0.15) is 0 Å². The predicted molar refractivity (Wildman–Crippen MR) is 122 cm³/mol. The van der Waals surface area contributed by atoms with Crippen LogP contribution >= 0.6 is 11.6 Å². The number of carbonyl (C=O) groups is 1. The SMILES string of the molecule is Cc1ccc(Cl)cc1-c1ccnc2[nH]c(C3=CCN(C(=O)OC(C)(C)C)CC3)cc12. The number of fused-ring (bicyclic) bond motifs is 1. The molecule has 156 valence electrons. The minimum absolute atomic E-state index is 0.269. The number of aryl methyl sites for hydroxylation is 1. The van der Waals surface area contributed by atoms with Crippen LogP contribution in [0, 0.1) is 6.92 Å². The Bertz CT molecular complexity index is 1140. The van der Waals surface area contributed by atoms with Crippen LogP contribution in [0.3, 0.4) is 0 Å². The summed E-state index contributed by atoms with van der Waals surface area (Å²) in [6, 6.07) is 10.1. The van der Waals surface area contributed by atoms with Crippen LogP contribution in [-0.4, -0.2) is 39.7 Å². The molecule has 1 amide bonds. The number of nitrogens with one attached hydrogen (secondary N) is 1. The highest BCUT2D eigenvalue weighted by Gasteiger charge is 2.24. The second-order valence-corrected chi connectivity index (χ2v) is 9.11. The molecule has 1 aliphatic heterocycles. The van der Waals surface area contributed by atoms with Crippen molar-refractivity contribution in [3.05, 3.63) is 58.9 Å². The maximum Gasteiger partial charge on any atom is 0.410 e. The van der Waals surface area contributed by atoms with Crippen molar-refractivity contribution in [2.75, 3.05) is 13.1 Å². The van der Waals surface area contributed by atoms with Gasteiger partial charge in [-0.15, -0.1) is 0 Å². The van der Waals surface area contributed by atoms with Crippen LogP contribution in [0.2, 0.25) is 5.02 Å². The largest absolute Gasteiger partial charge is 0.444 e. The molecule has 0 fully saturated rings. The highest BCUT2D eigenvalue weighted by atomic mass is 35.5. The lowest BCUT2D eigenvalue weighted by Crippen LogP contribution is -2.39. The third kappa shape index (κ3) is 4.21. The topological polar surface area (TPSA) is 58.2 Å². The van der Waals surface area contributed by atoms with Crippen LogP contribution in [0.15, 0.2) is 42.6 Å². The third-order valence-corrected chi connectivity index (χ3v) is 5.46. The van der Waals surface area contributed by atoms with E-state index < -0.39 is 5.60 Å². The van der Waals surface area contributed by atoms with Crippen LogP contribution in [0.25, 0.3) is 27.7 Å². The van der Waals surface area contributed by atoms with E-state index in [0.717, 1.165) is 34.3 Å². The Kier molecular flexibility index (Phi) is 5.33. The number of pyridine rings is 1. The van der Waals surface area contributed by atoms with Gasteiger partial charge in [0.15, 0.2) is 0 Å². The zero-order valence-corrected chi connectivity index (χ0v) is 18.5. The Morgan fingerprint density at radius 3 is 2.70 bits per heavy atom. The first-order valence-corrected chi connectivity index (χ1v) is 10.5. The minimum atomic E-state index is -0.487. The highest BCUT2D eigenvalue weighted by Crippen LogP contribution is 2.34. The molecule has 2 aromatic heterocycles. The molecule has 0 radical (unpaired) electrons. The molecular weight excluding hydrogens is 398 g/mol. The molecule has 0 bridgehead atoms. The molecule has 3 aromatic rings. The lowest BCUT2D eigenvalue weighted by atomic mass is 9.98. The van der Waals surface area contributed by atoms with Crippen molar-refractivity contribution in [1.82, 2.24) is 14.9 Å². The van der Waals surface area contributed by atoms with Gasteiger partial charge in [0.1, 0.15) is 11.2 Å². The van der Waals surface area contributed by atoms with Gasteiger partial charge in [0.25, 0.3) is 0 Å². The van der Waals surface area contributed by atoms with Gasteiger partial charge in [-0.3, -0.25) is 0 Å². The van der Waals surface area contributed by atoms with Gasteiger partial charge in [-0.25, -0.2) is 9.78 Å². The molecule has 1 aliphatic rings. The molecule has 1 aromatic carbocycles. The lowest BCUT2D eigenvalue weighted by Gasteiger charge is -2.29. The zero-order chi connectivity index (χ0) is 21.5. The fourth-order valence-electron chi connectivity index (χ4n) is 3.73. The van der Waals surface area contributed by atoms with E-state index in [1.54, 1.807) is 4.90 Å². The highest BCUT2D eigenvalue weighted by molar-refractivity contribution is 6.31. The molecule has 0 atom stereocenters. The van der Waals surface area contributed by atoms with Crippen molar-refractivity contribution >= 4 is 34.3 Å². The van der Waals surface area contributed by atoms with Gasteiger partial charge in [-0.05, 0) is 80.6 Å². The molecule has 6 heteroatoms. The van der Waals surface area contributed by atoms with Crippen LogP contribution in [-0.2, 0) is 4.74 Å². The summed E-state index contributed by atoms with van der Waals surface area (Å²) in [7, 11) is 0. The first-order valence-electron chi connectivity index (χ1n) is 10.1. The molecule has 0 aliphatic carbocycles. The normalized spacial score (nSPS) is 14.7. The Labute approximate surface area is 181 Å². The van der Waals surface area contributed by atoms with Crippen LogP contribution in [0.5, 0.6) is 0 Å². The number of hydrogen-bond donors (Lipinski definition) is 1. The number of aromatic amines is 1. The number of amides is 1. The lowest BCUT2D eigenvalue weighted by molar-refractivity contribution is 0.0270. The van der Waals surface area contributed by atoms with Crippen LogP contribution in [0.1, 0.15) is 38.4 Å². The van der Waals surface area contributed by atoms with E-state index in [-0.39, 0.29) is 6.09 Å². The second-order valence-electron chi connectivity index (χ2n) is 8.67. The van der Waals surface area contributed by atoms with Gasteiger partial charge in [0.05, 0.1) is 0 Å². The summed E-state index contributed by atoms with van der Waals surface area (Å²) < 4.78 is 5.48. The molecule has 30 heavy (non-hydrogen) atoms. The van der Waals surface area contributed by atoms with Gasteiger partial charge in [-0.1, -0.05) is 23.7 Å². The fraction of sp³-hybridized carbons (Fsp3) is 0.333. The number of hydrogen-bond acceptors (Lipinski definition) is 3. The quantitative estimate of drug-likeness (QED) is 0.532. The Hall–Kier alpha value is -2.79. The fourth-order valence-corrected chi connectivity index (χ4v) is 3.90. The Morgan fingerprint density at radius 1 is 1.20 bits per heavy atom. The van der Waals surface area contributed by atoms with Crippen molar-refractivity contribution in [3.8, 4) is 11.1 Å². The molecule has 0 spiro atoms. The number of nitrogens with zero attached hydrogens (tertiary/aromatic N) is 2. The van der Waals surface area contributed by atoms with Crippen molar-refractivity contribution < 1.29 is 9.53 Å². The van der Waals surface area contributed by atoms with E-state index in [1.807, 2.05) is 51.2 Å². The number of benzene rings is 1. The monoisotopic (exact) mass is 423 g/mol. The van der Waals surface area contributed by atoms with Crippen LogP contribution < -0.4 is 0 Å². The summed E-state index contributed by atoms with van der Waals surface area (Å²) in [5.74, 6) is 0. The first-order chi connectivity index (χ1) is 14.2. The number of aromatic nitrogens is 2. The van der Waals surface area contributed by atoms with Crippen LogP contribution in [0.4, 0.5) is 4.79 Å². The van der Waals surface area contributed by atoms with Gasteiger partial charge in [0.2, 0.25) is 0 Å². The van der Waals surface area contributed by atoms with E-state index in [1.165, 1.54) is 11.1 Å². The third-order valence-electron chi connectivity index (χ3n) is 5.23. The molecular formula is C24H26ClN3O2. The van der Waals surface area contributed by atoms with Crippen molar-refractivity contribution in [2.24, 2.45) is 0 Å². The van der Waals surface area contributed by atoms with Gasteiger partial charge in [0, 0.05) is 35.4 Å². The average Bonchev–Trinajstić information content (AvgIpc) is 3.13. The Morgan fingerprint density at radius 2 is 2.00 bits per heavy atom. The summed E-state index contributed by atoms with van der Waals surface area (Å²) in [4.78, 5) is 22.0. The summed E-state index contributed by atoms with van der Waals surface area (Å²) in [5, 5.41) is 1.78. The van der Waals surface area contributed by atoms with Crippen molar-refractivity contribution in [2.45, 2.75) is 39.7 Å². The van der Waals surface area contributed by atoms with E-state index in [2.05, 4.69) is 29.0 Å². The number of rotatable bonds is 2. The van der Waals surface area contributed by atoms with E-state index in [0.29, 0.717) is 18.1 Å². The van der Waals surface area contributed by atoms with E-state index >= 15 is 0 Å². The minimum Gasteiger partial charge on any atom is -0.444 e.